The zero-order valence-corrected chi connectivity index (χ0v) is 9.86. The number of hydrogen-bond acceptors (Lipinski definition) is 3. The Morgan fingerprint density at radius 3 is 3.12 bits per heavy atom. The Bertz CT molecular complexity index is 296. The first kappa shape index (κ1) is 11.6. The molecule has 0 bridgehead atoms. The molecule has 1 fully saturated rings. The van der Waals surface area contributed by atoms with Crippen molar-refractivity contribution in [2.45, 2.75) is 25.3 Å². The van der Waals surface area contributed by atoms with Gasteiger partial charge < -0.3 is 10.1 Å². The molecule has 1 N–H and O–H groups in total. The summed E-state index contributed by atoms with van der Waals surface area (Å²) in [4.78, 5) is 4.37. The molecule has 0 radical (unpaired) electrons. The molecule has 0 spiro atoms. The number of likely N-dealkylation sites (N-methyl/N-ethyl adjacent to an activating group) is 1. The van der Waals surface area contributed by atoms with Crippen LogP contribution in [0.5, 0.6) is 0 Å². The van der Waals surface area contributed by atoms with E-state index in [2.05, 4.69) is 16.4 Å². The fourth-order valence-corrected chi connectivity index (χ4v) is 2.25. The molecule has 2 heterocycles. The van der Waals surface area contributed by atoms with Crippen LogP contribution >= 0.6 is 0 Å². The van der Waals surface area contributed by atoms with Crippen molar-refractivity contribution < 1.29 is 4.74 Å². The second kappa shape index (κ2) is 5.97. The summed E-state index contributed by atoms with van der Waals surface area (Å²) >= 11 is 0. The van der Waals surface area contributed by atoms with Gasteiger partial charge in [-0.25, -0.2) is 0 Å². The summed E-state index contributed by atoms with van der Waals surface area (Å²) in [6.07, 6.45) is 5.27. The minimum atomic E-state index is 0.515. The van der Waals surface area contributed by atoms with E-state index < -0.39 is 0 Å². The van der Waals surface area contributed by atoms with E-state index in [0.29, 0.717) is 6.04 Å². The molecule has 1 aliphatic rings. The van der Waals surface area contributed by atoms with Crippen LogP contribution in [-0.2, 0) is 11.2 Å². The summed E-state index contributed by atoms with van der Waals surface area (Å²) in [7, 11) is 2.03. The van der Waals surface area contributed by atoms with Crippen LogP contribution in [-0.4, -0.2) is 31.3 Å². The Kier molecular flexibility index (Phi) is 4.31. The molecule has 1 aliphatic heterocycles. The van der Waals surface area contributed by atoms with Crippen LogP contribution in [0.15, 0.2) is 24.4 Å². The summed E-state index contributed by atoms with van der Waals surface area (Å²) < 4.78 is 5.41. The van der Waals surface area contributed by atoms with Gasteiger partial charge in [0.05, 0.1) is 0 Å². The average Bonchev–Trinajstić information content (AvgIpc) is 2.82. The first-order valence-electron chi connectivity index (χ1n) is 6.03. The van der Waals surface area contributed by atoms with Gasteiger partial charge in [-0.3, -0.25) is 4.98 Å². The average molecular weight is 220 g/mol. The third-order valence-electron chi connectivity index (χ3n) is 3.23. The van der Waals surface area contributed by atoms with Crippen molar-refractivity contribution in [1.29, 1.82) is 0 Å². The van der Waals surface area contributed by atoms with Gasteiger partial charge in [0.15, 0.2) is 0 Å². The largest absolute Gasteiger partial charge is 0.381 e. The van der Waals surface area contributed by atoms with E-state index in [1.54, 1.807) is 0 Å². The first-order valence-corrected chi connectivity index (χ1v) is 6.03. The number of nitrogens with one attached hydrogen (secondary N) is 1. The van der Waals surface area contributed by atoms with Crippen LogP contribution in [0, 0.1) is 5.92 Å². The third kappa shape index (κ3) is 3.29. The van der Waals surface area contributed by atoms with Crippen molar-refractivity contribution in [1.82, 2.24) is 10.3 Å². The van der Waals surface area contributed by atoms with Gasteiger partial charge in [-0.2, -0.15) is 0 Å². The van der Waals surface area contributed by atoms with E-state index in [0.717, 1.165) is 25.6 Å². The van der Waals surface area contributed by atoms with Crippen molar-refractivity contribution >= 4 is 0 Å². The number of nitrogens with zero attached hydrogens (tertiary/aromatic N) is 1. The molecule has 0 saturated carbocycles. The molecule has 1 saturated heterocycles. The standard InChI is InChI=1S/C13H20N2O/c1-14-13(8-11-5-7-16-10-11)9-12-4-2-3-6-15-12/h2-4,6,11,13-14H,5,7-10H2,1H3. The van der Waals surface area contributed by atoms with Gasteiger partial charge in [0.25, 0.3) is 0 Å². The SMILES string of the molecule is CNC(Cc1ccccn1)CC1CCOC1. The lowest BCUT2D eigenvalue weighted by molar-refractivity contribution is 0.181. The van der Waals surface area contributed by atoms with E-state index >= 15 is 0 Å². The Hall–Kier alpha value is -0.930. The molecular weight excluding hydrogens is 200 g/mol. The minimum absolute atomic E-state index is 0.515. The smallest absolute Gasteiger partial charge is 0.0495 e. The zero-order valence-electron chi connectivity index (χ0n) is 9.86. The molecule has 0 aliphatic carbocycles. The molecular formula is C13H20N2O. The van der Waals surface area contributed by atoms with Gasteiger partial charge in [0.2, 0.25) is 0 Å². The Morgan fingerprint density at radius 1 is 1.56 bits per heavy atom. The van der Waals surface area contributed by atoms with Crippen LogP contribution in [0.25, 0.3) is 0 Å². The van der Waals surface area contributed by atoms with Gasteiger partial charge in [-0.05, 0) is 37.9 Å². The van der Waals surface area contributed by atoms with Crippen molar-refractivity contribution in [2.75, 3.05) is 20.3 Å². The summed E-state index contributed by atoms with van der Waals surface area (Å²) in [5, 5.41) is 3.38. The normalized spacial score (nSPS) is 22.2. The minimum Gasteiger partial charge on any atom is -0.381 e. The van der Waals surface area contributed by atoms with Crippen molar-refractivity contribution in [3.8, 4) is 0 Å². The van der Waals surface area contributed by atoms with Crippen LogP contribution in [0.4, 0.5) is 0 Å². The first-order chi connectivity index (χ1) is 7.88. The van der Waals surface area contributed by atoms with Crippen LogP contribution in [0.3, 0.4) is 0 Å². The third-order valence-corrected chi connectivity index (χ3v) is 3.23. The molecule has 3 heteroatoms. The lowest BCUT2D eigenvalue weighted by Gasteiger charge is -2.18. The fraction of sp³-hybridized carbons (Fsp3) is 0.615. The van der Waals surface area contributed by atoms with E-state index in [-0.39, 0.29) is 0 Å². The van der Waals surface area contributed by atoms with E-state index in [1.165, 1.54) is 18.5 Å². The summed E-state index contributed by atoms with van der Waals surface area (Å²) in [6, 6.07) is 6.62. The predicted molar refractivity (Wildman–Crippen MR) is 64.3 cm³/mol. The Labute approximate surface area is 97.2 Å². The number of rotatable bonds is 5. The lowest BCUT2D eigenvalue weighted by atomic mass is 9.96. The van der Waals surface area contributed by atoms with Crippen molar-refractivity contribution in [2.24, 2.45) is 5.92 Å². The highest BCUT2D eigenvalue weighted by Crippen LogP contribution is 2.19. The number of ether oxygens (including phenoxy) is 1. The van der Waals surface area contributed by atoms with Gasteiger partial charge in [0, 0.05) is 37.6 Å². The molecule has 0 amide bonds. The molecule has 16 heavy (non-hydrogen) atoms. The Balaban J connectivity index is 1.85. The number of aromatic nitrogens is 1. The molecule has 2 rings (SSSR count). The van der Waals surface area contributed by atoms with Crippen molar-refractivity contribution in [3.63, 3.8) is 0 Å². The monoisotopic (exact) mass is 220 g/mol. The maximum absolute atomic E-state index is 5.41. The highest BCUT2D eigenvalue weighted by atomic mass is 16.5. The molecule has 0 aromatic carbocycles. The highest BCUT2D eigenvalue weighted by Gasteiger charge is 2.20. The lowest BCUT2D eigenvalue weighted by Crippen LogP contribution is -2.30. The molecule has 2 unspecified atom stereocenters. The maximum atomic E-state index is 5.41. The van der Waals surface area contributed by atoms with E-state index in [9.17, 15) is 0 Å². The van der Waals surface area contributed by atoms with Gasteiger partial charge in [-0.15, -0.1) is 0 Å². The van der Waals surface area contributed by atoms with Gasteiger partial charge in [0.1, 0.15) is 0 Å². The number of hydrogen-bond donors (Lipinski definition) is 1. The molecule has 88 valence electrons. The molecule has 3 nitrogen and oxygen atoms in total. The maximum Gasteiger partial charge on any atom is 0.0495 e. The van der Waals surface area contributed by atoms with Crippen LogP contribution < -0.4 is 5.32 Å². The second-order valence-corrected chi connectivity index (χ2v) is 4.48. The highest BCUT2D eigenvalue weighted by molar-refractivity contribution is 5.05. The van der Waals surface area contributed by atoms with Crippen molar-refractivity contribution in [3.05, 3.63) is 30.1 Å². The molecule has 1 aromatic heterocycles. The van der Waals surface area contributed by atoms with Gasteiger partial charge >= 0.3 is 0 Å². The topological polar surface area (TPSA) is 34.2 Å². The van der Waals surface area contributed by atoms with Gasteiger partial charge in [-0.1, -0.05) is 6.07 Å². The fourth-order valence-electron chi connectivity index (χ4n) is 2.25. The number of pyridine rings is 1. The molecule has 1 aromatic rings. The van der Waals surface area contributed by atoms with Crippen LogP contribution in [0.2, 0.25) is 0 Å². The van der Waals surface area contributed by atoms with E-state index in [4.69, 9.17) is 4.74 Å². The van der Waals surface area contributed by atoms with Crippen LogP contribution in [0.1, 0.15) is 18.5 Å². The summed E-state index contributed by atoms with van der Waals surface area (Å²) in [6.45, 7) is 1.87. The predicted octanol–water partition coefficient (Wildman–Crippen LogP) is 1.64. The Morgan fingerprint density at radius 2 is 2.50 bits per heavy atom. The molecule has 2 atom stereocenters. The zero-order chi connectivity index (χ0) is 11.2. The quantitative estimate of drug-likeness (QED) is 0.819. The summed E-state index contributed by atoms with van der Waals surface area (Å²) in [5.41, 5.74) is 1.17. The second-order valence-electron chi connectivity index (χ2n) is 4.48. The summed E-state index contributed by atoms with van der Waals surface area (Å²) in [5.74, 6) is 0.723. The van der Waals surface area contributed by atoms with E-state index in [1.807, 2.05) is 25.4 Å².